The Morgan fingerprint density at radius 2 is 1.50 bits per heavy atom. The molecule has 0 rings (SSSR count). The molecule has 0 aromatic rings. The third-order valence-corrected chi connectivity index (χ3v) is 1.09. The molecule has 50 valence electrons. The zero-order chi connectivity index (χ0) is 12.0. The lowest BCUT2D eigenvalue weighted by Gasteiger charge is -2.22. The van der Waals surface area contributed by atoms with Gasteiger partial charge < -0.3 is 5.11 Å². The van der Waals surface area contributed by atoms with E-state index in [0.717, 1.165) is 20.8 Å². The Bertz CT molecular complexity index is 172. The highest BCUT2D eigenvalue weighted by atomic mass is 16.3. The SMILES string of the molecule is [2H]C([2H])(C)C(O)(C([2H])([2H])C)C([2H])([2H])C. The molecule has 0 unspecified atom stereocenters. The van der Waals surface area contributed by atoms with Crippen LogP contribution in [0.25, 0.3) is 0 Å². The molecule has 0 fully saturated rings. The van der Waals surface area contributed by atoms with Gasteiger partial charge in [-0.3, -0.25) is 0 Å². The maximum absolute atomic E-state index is 9.90. The summed E-state index contributed by atoms with van der Waals surface area (Å²) >= 11 is 0. The summed E-state index contributed by atoms with van der Waals surface area (Å²) < 4.78 is 44.0. The van der Waals surface area contributed by atoms with Gasteiger partial charge in [0.2, 0.25) is 0 Å². The van der Waals surface area contributed by atoms with Crippen LogP contribution in [-0.2, 0) is 0 Å². The summed E-state index contributed by atoms with van der Waals surface area (Å²) in [6.07, 6.45) is -7.11. The Balaban J connectivity index is 5.54. The van der Waals surface area contributed by atoms with Gasteiger partial charge in [-0.05, 0) is 19.1 Å². The van der Waals surface area contributed by atoms with Crippen molar-refractivity contribution in [1.82, 2.24) is 0 Å². The van der Waals surface area contributed by atoms with Crippen LogP contribution < -0.4 is 0 Å². The van der Waals surface area contributed by atoms with Crippen molar-refractivity contribution in [2.75, 3.05) is 0 Å². The molecular weight excluding hydrogens is 100 g/mol. The summed E-state index contributed by atoms with van der Waals surface area (Å²) in [4.78, 5) is 0. The molecule has 0 saturated carbocycles. The molecule has 0 saturated heterocycles. The second-order valence-corrected chi connectivity index (χ2v) is 1.46. The maximum Gasteiger partial charge on any atom is 0.0640 e. The standard InChI is InChI=1S/C7H16O/c1-4-7(8,5-2)6-3/h8H,4-6H2,1-3H3/i4D2,5D2,6D2. The third kappa shape index (κ3) is 1.83. The van der Waals surface area contributed by atoms with E-state index < -0.39 is 24.7 Å². The molecule has 0 aromatic heterocycles. The quantitative estimate of drug-likeness (QED) is 0.606. The molecular formula is C7H16O. The van der Waals surface area contributed by atoms with Crippen LogP contribution in [0.15, 0.2) is 0 Å². The topological polar surface area (TPSA) is 20.2 Å². The fourth-order valence-corrected chi connectivity index (χ4v) is 0.375. The largest absolute Gasteiger partial charge is 0.390 e. The predicted octanol–water partition coefficient (Wildman–Crippen LogP) is 1.95. The van der Waals surface area contributed by atoms with E-state index in [1.165, 1.54) is 0 Å². The van der Waals surface area contributed by atoms with Crippen LogP contribution in [0.4, 0.5) is 0 Å². The summed E-state index contributed by atoms with van der Waals surface area (Å²) in [6, 6.07) is 0. The normalized spacial score (nSPS) is 28.5. The lowest BCUT2D eigenvalue weighted by Crippen LogP contribution is -2.24. The first-order valence-corrected chi connectivity index (χ1v) is 2.47. The minimum absolute atomic E-state index is 0.968. The summed E-state index contributed by atoms with van der Waals surface area (Å²) in [6.45, 7) is 2.90. The summed E-state index contributed by atoms with van der Waals surface area (Å²) in [5.41, 5.74) is -2.69. The summed E-state index contributed by atoms with van der Waals surface area (Å²) in [5.74, 6) is 0. The highest BCUT2D eigenvalue weighted by molar-refractivity contribution is 4.71. The predicted molar refractivity (Wildman–Crippen MR) is 35.8 cm³/mol. The van der Waals surface area contributed by atoms with E-state index in [-0.39, 0.29) is 0 Å². The first-order chi connectivity index (χ1) is 5.75. The average molecular weight is 122 g/mol. The fourth-order valence-electron chi connectivity index (χ4n) is 0.375. The van der Waals surface area contributed by atoms with E-state index in [4.69, 9.17) is 8.22 Å². The van der Waals surface area contributed by atoms with E-state index in [1.54, 1.807) is 0 Å². The second-order valence-electron chi connectivity index (χ2n) is 1.46. The molecule has 0 heterocycles. The molecule has 0 atom stereocenters. The second kappa shape index (κ2) is 3.08. The molecule has 0 bridgehead atoms. The van der Waals surface area contributed by atoms with Gasteiger partial charge in [-0.25, -0.2) is 0 Å². The van der Waals surface area contributed by atoms with E-state index >= 15 is 0 Å². The first kappa shape index (κ1) is 2.30. The minimum Gasteiger partial charge on any atom is -0.390 e. The number of rotatable bonds is 3. The van der Waals surface area contributed by atoms with Crippen molar-refractivity contribution in [2.45, 2.75) is 45.5 Å². The monoisotopic (exact) mass is 122 g/mol. The van der Waals surface area contributed by atoms with Crippen molar-refractivity contribution in [2.24, 2.45) is 0 Å². The van der Waals surface area contributed by atoms with Crippen molar-refractivity contribution in [3.05, 3.63) is 0 Å². The Morgan fingerprint density at radius 3 is 1.50 bits per heavy atom. The highest BCUT2D eigenvalue weighted by Gasteiger charge is 2.17. The third-order valence-electron chi connectivity index (χ3n) is 1.09. The molecule has 0 aromatic carbocycles. The Labute approximate surface area is 60.2 Å². The molecule has 0 aliphatic rings. The molecule has 0 amide bonds. The van der Waals surface area contributed by atoms with Crippen molar-refractivity contribution >= 4 is 0 Å². The number of aliphatic hydroxyl groups is 1. The average Bonchev–Trinajstić information content (AvgIpc) is 1.77. The molecule has 0 spiro atoms. The minimum atomic E-state index is -2.69. The molecule has 0 radical (unpaired) electrons. The van der Waals surface area contributed by atoms with E-state index in [9.17, 15) is 5.11 Å². The van der Waals surface area contributed by atoms with Crippen molar-refractivity contribution < 1.29 is 13.3 Å². The van der Waals surface area contributed by atoms with Gasteiger partial charge in [0.1, 0.15) is 0 Å². The molecule has 0 aliphatic carbocycles. The molecule has 1 heteroatoms. The van der Waals surface area contributed by atoms with Crippen LogP contribution in [0.2, 0.25) is 0 Å². The van der Waals surface area contributed by atoms with Crippen LogP contribution in [0.5, 0.6) is 0 Å². The van der Waals surface area contributed by atoms with Crippen LogP contribution in [-0.4, -0.2) is 10.7 Å². The Morgan fingerprint density at radius 1 is 1.25 bits per heavy atom. The zero-order valence-electron chi connectivity index (χ0n) is 11.4. The van der Waals surface area contributed by atoms with Crippen molar-refractivity contribution in [3.8, 4) is 0 Å². The van der Waals surface area contributed by atoms with Gasteiger partial charge in [-0.1, -0.05) is 20.8 Å². The van der Waals surface area contributed by atoms with Gasteiger partial charge in [0.15, 0.2) is 0 Å². The van der Waals surface area contributed by atoms with Gasteiger partial charge in [-0.15, -0.1) is 0 Å². The number of hydrogen-bond acceptors (Lipinski definition) is 1. The molecule has 8 heavy (non-hydrogen) atoms. The van der Waals surface area contributed by atoms with Crippen LogP contribution in [0, 0.1) is 0 Å². The summed E-state index contributed by atoms with van der Waals surface area (Å²) in [5, 5.41) is 9.90. The van der Waals surface area contributed by atoms with Crippen molar-refractivity contribution in [1.29, 1.82) is 0 Å². The first-order valence-electron chi connectivity index (χ1n) is 5.47. The Kier molecular flexibility index (Phi) is 0.884. The molecule has 1 nitrogen and oxygen atoms in total. The lowest BCUT2D eigenvalue weighted by atomic mass is 9.95. The van der Waals surface area contributed by atoms with E-state index in [0.29, 0.717) is 0 Å². The van der Waals surface area contributed by atoms with Gasteiger partial charge in [0.25, 0.3) is 0 Å². The smallest absolute Gasteiger partial charge is 0.0640 e. The lowest BCUT2D eigenvalue weighted by molar-refractivity contribution is 0.0285. The Hall–Kier alpha value is -0.0400. The van der Waals surface area contributed by atoms with Gasteiger partial charge in [-0.2, -0.15) is 0 Å². The molecule has 1 N–H and O–H groups in total. The summed E-state index contributed by atoms with van der Waals surface area (Å²) in [7, 11) is 0. The maximum atomic E-state index is 9.90. The highest BCUT2D eigenvalue weighted by Crippen LogP contribution is 2.17. The van der Waals surface area contributed by atoms with Crippen LogP contribution in [0.3, 0.4) is 0 Å². The van der Waals surface area contributed by atoms with Gasteiger partial charge >= 0.3 is 0 Å². The number of hydrogen-bond donors (Lipinski definition) is 1. The molecule has 0 aliphatic heterocycles. The van der Waals surface area contributed by atoms with Crippen LogP contribution >= 0.6 is 0 Å². The van der Waals surface area contributed by atoms with Gasteiger partial charge in [0.05, 0.1) is 5.60 Å². The zero-order valence-corrected chi connectivity index (χ0v) is 5.45. The fraction of sp³-hybridized carbons (Fsp3) is 1.00. The van der Waals surface area contributed by atoms with Crippen molar-refractivity contribution in [3.63, 3.8) is 0 Å². The van der Waals surface area contributed by atoms with Gasteiger partial charge in [0, 0.05) is 8.22 Å². The van der Waals surface area contributed by atoms with E-state index in [2.05, 4.69) is 0 Å². The van der Waals surface area contributed by atoms with E-state index in [1.807, 2.05) is 0 Å². The van der Waals surface area contributed by atoms with Crippen LogP contribution in [0.1, 0.15) is 48.1 Å².